The number of phenolic OH excluding ortho intramolecular Hbond substituents is 1. The Kier molecular flexibility index (Phi) is 6.35. The number of halogens is 1. The molecule has 0 bridgehead atoms. The lowest BCUT2D eigenvalue weighted by atomic mass is 9.93. The van der Waals surface area contributed by atoms with Crippen molar-refractivity contribution < 1.29 is 23.8 Å². The maximum atomic E-state index is 13.4. The predicted molar refractivity (Wildman–Crippen MR) is 86.8 cm³/mol. The van der Waals surface area contributed by atoms with E-state index in [9.17, 15) is 19.1 Å². The SMILES string of the molecule is COC(=O)[C@H](CNC(=O)[C@H]1CC=CCC1)Cc1ccc(O)c(F)c1. The number of hydrogen-bond donors (Lipinski definition) is 2. The van der Waals surface area contributed by atoms with Crippen molar-refractivity contribution in [2.75, 3.05) is 13.7 Å². The van der Waals surface area contributed by atoms with Gasteiger partial charge in [0.25, 0.3) is 0 Å². The van der Waals surface area contributed by atoms with Crippen molar-refractivity contribution in [2.24, 2.45) is 11.8 Å². The zero-order valence-electron chi connectivity index (χ0n) is 13.6. The average Bonchev–Trinajstić information content (AvgIpc) is 2.61. The molecular formula is C18H22FNO4. The molecule has 0 fully saturated rings. The molecule has 6 heteroatoms. The second kappa shape index (κ2) is 8.47. The second-order valence-corrected chi connectivity index (χ2v) is 5.94. The number of carbonyl (C=O) groups is 2. The standard InChI is InChI=1S/C18H22FNO4/c1-24-18(23)14(9-12-7-8-16(21)15(19)10-12)11-20-17(22)13-5-3-2-4-6-13/h2-3,7-8,10,13-14,21H,4-6,9,11H2,1H3,(H,20,22)/t13-,14-/m0/s1. The lowest BCUT2D eigenvalue weighted by molar-refractivity contribution is -0.145. The largest absolute Gasteiger partial charge is 0.505 e. The summed E-state index contributed by atoms with van der Waals surface area (Å²) < 4.78 is 18.2. The number of hydrogen-bond acceptors (Lipinski definition) is 4. The van der Waals surface area contributed by atoms with E-state index in [4.69, 9.17) is 4.74 Å². The van der Waals surface area contributed by atoms with Crippen LogP contribution in [-0.4, -0.2) is 30.6 Å². The summed E-state index contributed by atoms with van der Waals surface area (Å²) in [7, 11) is 1.28. The van der Waals surface area contributed by atoms with E-state index in [1.165, 1.54) is 19.2 Å². The Morgan fingerprint density at radius 1 is 1.42 bits per heavy atom. The molecule has 1 aromatic carbocycles. The molecule has 1 aromatic rings. The van der Waals surface area contributed by atoms with E-state index in [0.29, 0.717) is 12.0 Å². The van der Waals surface area contributed by atoms with Crippen molar-refractivity contribution in [1.82, 2.24) is 5.32 Å². The molecule has 2 N–H and O–H groups in total. The highest BCUT2D eigenvalue weighted by molar-refractivity contribution is 5.80. The number of rotatable bonds is 6. The number of methoxy groups -OCH3 is 1. The number of esters is 1. The van der Waals surface area contributed by atoms with Crippen LogP contribution in [0.5, 0.6) is 5.75 Å². The van der Waals surface area contributed by atoms with E-state index in [1.54, 1.807) is 6.07 Å². The van der Waals surface area contributed by atoms with Gasteiger partial charge in [0.2, 0.25) is 5.91 Å². The normalized spacial score (nSPS) is 18.0. The zero-order valence-corrected chi connectivity index (χ0v) is 13.6. The van der Waals surface area contributed by atoms with Gasteiger partial charge in [0, 0.05) is 12.5 Å². The fourth-order valence-electron chi connectivity index (χ4n) is 2.77. The van der Waals surface area contributed by atoms with Crippen molar-refractivity contribution in [3.05, 3.63) is 41.7 Å². The number of carbonyl (C=O) groups excluding carboxylic acids is 2. The van der Waals surface area contributed by atoms with Gasteiger partial charge in [-0.15, -0.1) is 0 Å². The monoisotopic (exact) mass is 335 g/mol. The zero-order chi connectivity index (χ0) is 17.5. The minimum absolute atomic E-state index is 0.0700. The summed E-state index contributed by atoms with van der Waals surface area (Å²) in [5.41, 5.74) is 0.551. The molecule has 2 atom stereocenters. The molecule has 0 aliphatic heterocycles. The Balaban J connectivity index is 1.97. The molecule has 0 heterocycles. The molecule has 2 rings (SSSR count). The van der Waals surface area contributed by atoms with E-state index in [0.717, 1.165) is 12.8 Å². The number of phenols is 1. The molecule has 1 amide bonds. The molecule has 0 radical (unpaired) electrons. The molecule has 1 aliphatic rings. The smallest absolute Gasteiger partial charge is 0.310 e. The molecule has 5 nitrogen and oxygen atoms in total. The minimum atomic E-state index is -0.742. The van der Waals surface area contributed by atoms with Crippen LogP contribution < -0.4 is 5.32 Å². The molecule has 0 saturated heterocycles. The fraction of sp³-hybridized carbons (Fsp3) is 0.444. The number of ether oxygens (including phenoxy) is 1. The Morgan fingerprint density at radius 2 is 2.21 bits per heavy atom. The second-order valence-electron chi connectivity index (χ2n) is 5.94. The van der Waals surface area contributed by atoms with Crippen LogP contribution in [-0.2, 0) is 20.7 Å². The summed E-state index contributed by atoms with van der Waals surface area (Å²) in [6.45, 7) is 0.133. The van der Waals surface area contributed by atoms with Crippen LogP contribution in [0.2, 0.25) is 0 Å². The Bertz CT molecular complexity index is 629. The molecule has 0 aromatic heterocycles. The quantitative estimate of drug-likeness (QED) is 0.618. The lowest BCUT2D eigenvalue weighted by Crippen LogP contribution is -2.38. The molecule has 24 heavy (non-hydrogen) atoms. The third-order valence-corrected chi connectivity index (χ3v) is 4.19. The molecule has 0 unspecified atom stereocenters. The van der Waals surface area contributed by atoms with Crippen LogP contribution in [0.15, 0.2) is 30.4 Å². The van der Waals surface area contributed by atoms with Crippen LogP contribution in [0.3, 0.4) is 0 Å². The van der Waals surface area contributed by atoms with Crippen LogP contribution in [0.1, 0.15) is 24.8 Å². The maximum Gasteiger partial charge on any atom is 0.310 e. The highest BCUT2D eigenvalue weighted by Gasteiger charge is 2.24. The number of allylic oxidation sites excluding steroid dienone is 2. The first kappa shape index (κ1) is 18.0. The minimum Gasteiger partial charge on any atom is -0.505 e. The van der Waals surface area contributed by atoms with Gasteiger partial charge in [-0.3, -0.25) is 9.59 Å². The number of nitrogens with one attached hydrogen (secondary N) is 1. The highest BCUT2D eigenvalue weighted by Crippen LogP contribution is 2.20. The third-order valence-electron chi connectivity index (χ3n) is 4.19. The van der Waals surface area contributed by atoms with Crippen molar-refractivity contribution in [3.8, 4) is 5.75 Å². The molecule has 0 saturated carbocycles. The Morgan fingerprint density at radius 3 is 2.83 bits per heavy atom. The van der Waals surface area contributed by atoms with Gasteiger partial charge in [-0.25, -0.2) is 4.39 Å². The summed E-state index contributed by atoms with van der Waals surface area (Å²) in [5, 5.41) is 12.0. The first-order chi connectivity index (χ1) is 11.5. The van der Waals surface area contributed by atoms with Crippen LogP contribution >= 0.6 is 0 Å². The first-order valence-electron chi connectivity index (χ1n) is 7.99. The van der Waals surface area contributed by atoms with Gasteiger partial charge in [0.1, 0.15) is 0 Å². The van der Waals surface area contributed by atoms with E-state index >= 15 is 0 Å². The van der Waals surface area contributed by atoms with E-state index in [-0.39, 0.29) is 24.8 Å². The van der Waals surface area contributed by atoms with Gasteiger partial charge in [-0.05, 0) is 43.4 Å². The van der Waals surface area contributed by atoms with Gasteiger partial charge >= 0.3 is 5.97 Å². The number of amides is 1. The summed E-state index contributed by atoms with van der Waals surface area (Å²) >= 11 is 0. The molecular weight excluding hydrogens is 313 g/mol. The van der Waals surface area contributed by atoms with Crippen LogP contribution in [0.25, 0.3) is 0 Å². The van der Waals surface area contributed by atoms with E-state index < -0.39 is 23.5 Å². The molecule has 1 aliphatic carbocycles. The third kappa shape index (κ3) is 4.81. The topological polar surface area (TPSA) is 75.6 Å². The van der Waals surface area contributed by atoms with Crippen LogP contribution in [0.4, 0.5) is 4.39 Å². The maximum absolute atomic E-state index is 13.4. The lowest BCUT2D eigenvalue weighted by Gasteiger charge is -2.20. The summed E-state index contributed by atoms with van der Waals surface area (Å²) in [5.74, 6) is -2.40. The van der Waals surface area contributed by atoms with Crippen molar-refractivity contribution in [3.63, 3.8) is 0 Å². The first-order valence-corrected chi connectivity index (χ1v) is 7.99. The van der Waals surface area contributed by atoms with E-state index in [2.05, 4.69) is 11.4 Å². The summed E-state index contributed by atoms with van der Waals surface area (Å²) in [4.78, 5) is 24.1. The Labute approximate surface area is 140 Å². The summed E-state index contributed by atoms with van der Waals surface area (Å²) in [6.07, 6.45) is 6.65. The summed E-state index contributed by atoms with van der Waals surface area (Å²) in [6, 6.07) is 3.97. The van der Waals surface area contributed by atoms with Crippen LogP contribution in [0, 0.1) is 17.7 Å². The van der Waals surface area contributed by atoms with Gasteiger partial charge in [0.05, 0.1) is 13.0 Å². The van der Waals surface area contributed by atoms with Crippen molar-refractivity contribution in [2.45, 2.75) is 25.7 Å². The Hall–Kier alpha value is -2.37. The van der Waals surface area contributed by atoms with Gasteiger partial charge in [0.15, 0.2) is 11.6 Å². The number of benzene rings is 1. The molecule has 0 spiro atoms. The number of aromatic hydroxyl groups is 1. The fourth-order valence-corrected chi connectivity index (χ4v) is 2.77. The van der Waals surface area contributed by atoms with Gasteiger partial charge in [-0.1, -0.05) is 18.2 Å². The molecule has 130 valence electrons. The average molecular weight is 335 g/mol. The van der Waals surface area contributed by atoms with Gasteiger partial charge < -0.3 is 15.2 Å². The highest BCUT2D eigenvalue weighted by atomic mass is 19.1. The van der Waals surface area contributed by atoms with Crippen molar-refractivity contribution >= 4 is 11.9 Å². The predicted octanol–water partition coefficient (Wildman–Crippen LogP) is 2.34. The van der Waals surface area contributed by atoms with Gasteiger partial charge in [-0.2, -0.15) is 0 Å². The van der Waals surface area contributed by atoms with Crippen molar-refractivity contribution in [1.29, 1.82) is 0 Å². The van der Waals surface area contributed by atoms with E-state index in [1.807, 2.05) is 6.08 Å².